The first-order valence-corrected chi connectivity index (χ1v) is 45.0. The van der Waals surface area contributed by atoms with Gasteiger partial charge in [-0.1, -0.05) is 6.42 Å². The molecule has 0 amide bonds. The molecule has 0 spiro atoms. The van der Waals surface area contributed by atoms with Gasteiger partial charge >= 0.3 is 30.9 Å². The Morgan fingerprint density at radius 1 is 0.361 bits per heavy atom. The van der Waals surface area contributed by atoms with Gasteiger partial charge in [-0.3, -0.25) is 9.80 Å². The van der Waals surface area contributed by atoms with Crippen LogP contribution in [0.4, 0.5) is 95.6 Å². The Labute approximate surface area is 808 Å². The lowest BCUT2D eigenvalue weighted by Crippen LogP contribution is -2.39. The summed E-state index contributed by atoms with van der Waals surface area (Å²) >= 11 is 0. The molecule has 19 heterocycles. The summed E-state index contributed by atoms with van der Waals surface area (Å²) < 4.78 is 207. The number of nitriles is 5. The summed E-state index contributed by atoms with van der Waals surface area (Å²) in [7, 11) is 2.06. The van der Waals surface area contributed by atoms with E-state index in [9.17, 15) is 92.2 Å². The average Bonchev–Trinajstić information content (AvgIpc) is 1.65. The maximum absolute atomic E-state index is 13.1. The van der Waals surface area contributed by atoms with Gasteiger partial charge in [0.2, 0.25) is 29.7 Å². The lowest BCUT2D eigenvalue weighted by Gasteiger charge is -2.26. The smallest absolute Gasteiger partial charge is 0.379 e. The number of morpholine rings is 2. The molecule has 4 fully saturated rings. The second-order valence-corrected chi connectivity index (χ2v) is 33.1. The Kier molecular flexibility index (Phi) is 32.2. The zero-order valence-corrected chi connectivity index (χ0v) is 76.4. The molecular formula is C93H87F15N34O2. The molecule has 2 atom stereocenters. The Morgan fingerprint density at radius 3 is 0.958 bits per heavy atom. The number of aromatic nitrogens is 20. The maximum atomic E-state index is 13.1. The molecule has 2 unspecified atom stereocenters. The molecule has 11 N–H and O–H groups in total. The number of anilines is 5. The molecule has 746 valence electrons. The van der Waals surface area contributed by atoms with Gasteiger partial charge in [-0.05, 0) is 102 Å². The van der Waals surface area contributed by atoms with Crippen LogP contribution >= 0.6 is 0 Å². The minimum absolute atomic E-state index is 0.159. The number of fused-ring (bicyclic) bond motifs is 5. The molecular weight excluding hydrogens is 1910 g/mol. The molecule has 0 bridgehead atoms. The third-order valence-corrected chi connectivity index (χ3v) is 23.7. The van der Waals surface area contributed by atoms with Crippen LogP contribution in [0.1, 0.15) is 108 Å². The predicted octanol–water partition coefficient (Wildman–Crippen LogP) is 16.3. The Bertz CT molecular complexity index is 7090. The molecule has 144 heavy (non-hydrogen) atoms. The Balaban J connectivity index is 0.000000136. The fourth-order valence-electron chi connectivity index (χ4n) is 16.2. The van der Waals surface area contributed by atoms with Crippen molar-refractivity contribution in [3.05, 3.63) is 179 Å². The number of halogens is 15. The maximum Gasteiger partial charge on any atom is 0.417 e. The molecule has 0 aliphatic carbocycles. The largest absolute Gasteiger partial charge is 0.417 e. The molecule has 4 aliphatic rings. The second kappa shape index (κ2) is 45.3. The van der Waals surface area contributed by atoms with Crippen molar-refractivity contribution in [3.63, 3.8) is 0 Å². The monoisotopic (exact) mass is 2000 g/mol. The number of likely N-dealkylation sites (N-methyl/N-ethyl adjacent to an activating group) is 1. The van der Waals surface area contributed by atoms with Crippen molar-refractivity contribution in [2.24, 2.45) is 0 Å². The van der Waals surface area contributed by atoms with Gasteiger partial charge in [0.15, 0.2) is 0 Å². The zero-order valence-electron chi connectivity index (χ0n) is 76.4. The van der Waals surface area contributed by atoms with Crippen molar-refractivity contribution in [1.29, 1.82) is 26.3 Å². The normalized spacial score (nSPS) is 15.4. The van der Waals surface area contributed by atoms with Crippen molar-refractivity contribution < 1.29 is 75.3 Å². The minimum atomic E-state index is -4.52. The van der Waals surface area contributed by atoms with Crippen molar-refractivity contribution in [3.8, 4) is 86.6 Å². The van der Waals surface area contributed by atoms with Crippen LogP contribution in [0.3, 0.4) is 0 Å². The fourth-order valence-corrected chi connectivity index (χ4v) is 16.2. The van der Waals surface area contributed by atoms with Gasteiger partial charge in [-0.15, -0.1) is 0 Å². The quantitative estimate of drug-likeness (QED) is 0.0209. The first kappa shape index (κ1) is 102. The van der Waals surface area contributed by atoms with Crippen LogP contribution in [0, 0.1) is 56.7 Å². The average molecular weight is 2000 g/mol. The molecule has 36 nitrogen and oxygen atoms in total. The predicted molar refractivity (Wildman–Crippen MR) is 497 cm³/mol. The van der Waals surface area contributed by atoms with E-state index in [1.165, 1.54) is 74.8 Å². The molecule has 4 saturated heterocycles. The Morgan fingerprint density at radius 2 is 0.667 bits per heavy atom. The van der Waals surface area contributed by atoms with Crippen molar-refractivity contribution in [1.82, 2.24) is 120 Å². The highest BCUT2D eigenvalue weighted by atomic mass is 19.4. The highest BCUT2D eigenvalue weighted by Crippen LogP contribution is 2.42. The number of alkyl halides is 15. The molecule has 15 aromatic rings. The van der Waals surface area contributed by atoms with Crippen LogP contribution in [0.25, 0.3) is 111 Å². The van der Waals surface area contributed by atoms with E-state index >= 15 is 0 Å². The molecule has 0 saturated carbocycles. The van der Waals surface area contributed by atoms with Crippen LogP contribution < -0.4 is 31.9 Å². The first-order valence-electron chi connectivity index (χ1n) is 45.0. The van der Waals surface area contributed by atoms with E-state index in [2.05, 4.69) is 153 Å². The number of rotatable bonds is 23. The standard InChI is InChI=1S/C20H20F3N7O.C20H20F3N7.C19H18F3N7O.C19H18F3N7.C15H11F3N6/c21-20(22,23)14-8-15-16(12-27-18(15)26-11-14)17-13(9-24)10-28-19(29-17)25-2-1-3-30-4-6-31-7-5-30;21-20(22,23)13-7-15-16(11-28-18(15)27-10-13)17-12(8-24)9-29-19(30-17)26-6-4-14-3-1-2-5-25-14;20-19(21,22)13-7-14-15(11-26-17(14)25-10-13)16-12(8-23)9-27-18(28-16)24-1-2-29-3-5-30-6-4-29;1-29-4-2-3-13(29)9-27-18-26-7-11(6-23)16(28-18)15-10-25-17-14(15)5-12(8-24-17)19(20,21)22;1-2-20-14-23-5-8(4-19)12(24-14)11-7-22-13-10(11)3-9(6-21-13)15(16,17)18/h8,10-12H,1-7H2,(H,26,27)(H,25,28,29);7,9-11,14,25H,1-6H2,(H,27,28)(H,26,29,30);7,9-11H,1-6H2,(H,25,26)(H,24,27,28);5,7-8,10,13H,2-4,9H2,1H3,(H,24,25)(H,26,27,28);3,5-7H,2H2,1H3,(H,21,22)(H,20,23,24). The minimum Gasteiger partial charge on any atom is -0.379 e. The number of nitrogens with zero attached hydrogens (tertiary/aromatic N) is 23. The number of hydrogen-bond acceptors (Lipinski definition) is 31. The molecule has 15 aromatic heterocycles. The fraction of sp³-hybridized carbons (Fsp3) is 0.355. The number of ether oxygens (including phenoxy) is 2. The third-order valence-electron chi connectivity index (χ3n) is 23.7. The van der Waals surface area contributed by atoms with E-state index in [1.807, 2.05) is 37.3 Å². The lowest BCUT2D eigenvalue weighted by molar-refractivity contribution is -0.138. The van der Waals surface area contributed by atoms with E-state index in [1.54, 1.807) is 0 Å². The van der Waals surface area contributed by atoms with E-state index in [-0.39, 0.29) is 106 Å². The van der Waals surface area contributed by atoms with E-state index in [0.717, 1.165) is 159 Å². The summed E-state index contributed by atoms with van der Waals surface area (Å²) in [5.74, 6) is 1.56. The zero-order chi connectivity index (χ0) is 102. The number of aromatic amines is 5. The summed E-state index contributed by atoms with van der Waals surface area (Å²) in [4.78, 5) is 82.7. The van der Waals surface area contributed by atoms with Crippen molar-refractivity contribution >= 4 is 84.9 Å². The van der Waals surface area contributed by atoms with Crippen LogP contribution in [0.15, 0.2) is 123 Å². The van der Waals surface area contributed by atoms with Crippen LogP contribution in [-0.4, -0.2) is 245 Å². The molecule has 19 rings (SSSR count). The van der Waals surface area contributed by atoms with Crippen LogP contribution in [0.5, 0.6) is 0 Å². The van der Waals surface area contributed by atoms with Crippen molar-refractivity contribution in [2.75, 3.05) is 145 Å². The molecule has 0 radical (unpaired) electrons. The van der Waals surface area contributed by atoms with Gasteiger partial charge in [0.05, 0.1) is 142 Å². The second-order valence-electron chi connectivity index (χ2n) is 33.1. The Hall–Kier alpha value is -16.0. The van der Waals surface area contributed by atoms with Gasteiger partial charge in [0.1, 0.15) is 58.6 Å². The van der Waals surface area contributed by atoms with E-state index in [0.29, 0.717) is 121 Å². The van der Waals surface area contributed by atoms with Gasteiger partial charge < -0.3 is 71.2 Å². The number of hydrogen-bond donors (Lipinski definition) is 11. The highest BCUT2D eigenvalue weighted by molar-refractivity contribution is 5.98. The van der Waals surface area contributed by atoms with E-state index < -0.39 is 58.7 Å². The number of pyridine rings is 5. The van der Waals surface area contributed by atoms with E-state index in [4.69, 9.17) is 9.47 Å². The topological polar surface area (TPSA) is 492 Å². The molecule has 51 heteroatoms. The highest BCUT2D eigenvalue weighted by Gasteiger charge is 2.38. The summed E-state index contributed by atoms with van der Waals surface area (Å²) in [5, 5.41) is 67.2. The molecule has 4 aliphatic heterocycles. The van der Waals surface area contributed by atoms with Crippen LogP contribution in [0.2, 0.25) is 0 Å². The van der Waals surface area contributed by atoms with Gasteiger partial charge in [0.25, 0.3) is 0 Å². The summed E-state index contributed by atoms with van der Waals surface area (Å²) in [5.41, 5.74) is 1.04. The number of H-pyrrole nitrogens is 5. The van der Waals surface area contributed by atoms with Gasteiger partial charge in [-0.25, -0.2) is 74.8 Å². The number of likely N-dealkylation sites (tertiary alicyclic amines) is 1. The van der Waals surface area contributed by atoms with Crippen molar-refractivity contribution in [2.45, 2.75) is 94.8 Å². The SMILES string of the molecule is CCNc1ncc(C#N)c(-c2c[nH]c3ncc(C(F)(F)F)cc23)n1.CN1CCCC1CNc1ncc(C#N)c(-c2c[nH]c3ncc(C(F)(F)F)cc23)n1.N#Cc1cnc(NCCC2CCCCN2)nc1-c1c[nH]c2ncc(C(F)(F)F)cc12.N#Cc1cnc(NCCCN2CCOCC2)nc1-c1c[nH]c2ncc(C(F)(F)F)cc12.N#Cc1cnc(NCCN2CCOCC2)nc1-c1c[nH]c2ncc(C(F)(F)F)cc12. The third kappa shape index (κ3) is 25.1. The van der Waals surface area contributed by atoms with Crippen LogP contribution in [-0.2, 0) is 40.4 Å². The summed E-state index contributed by atoms with van der Waals surface area (Å²) in [6.45, 7) is 15.1. The summed E-state index contributed by atoms with van der Waals surface area (Å²) in [6, 6.07) is 15.8. The number of nitrogens with one attached hydrogen (secondary N) is 11. The van der Waals surface area contributed by atoms with Gasteiger partial charge in [0, 0.05) is 194 Å². The lowest BCUT2D eigenvalue weighted by atomic mass is 10.0. The summed E-state index contributed by atoms with van der Waals surface area (Å²) in [6.07, 6.45) is 3.12. The van der Waals surface area contributed by atoms with Gasteiger partial charge in [-0.2, -0.15) is 92.2 Å². The molecule has 0 aromatic carbocycles. The first-order chi connectivity index (χ1) is 69.2. The number of piperidine rings is 1.